The lowest BCUT2D eigenvalue weighted by atomic mass is 10.1. The summed E-state index contributed by atoms with van der Waals surface area (Å²) in [7, 11) is 0. The summed E-state index contributed by atoms with van der Waals surface area (Å²) < 4.78 is 15.9. The SMILES string of the molecule is Cc1sc2c3c([nH]c2c1C(=O)Nc1ccc(Br)cc1F)CCCCC3. The van der Waals surface area contributed by atoms with Crippen LogP contribution >= 0.6 is 27.3 Å². The number of aromatic amines is 1. The molecule has 3 aromatic rings. The summed E-state index contributed by atoms with van der Waals surface area (Å²) in [5, 5.41) is 2.72. The second-order valence-corrected chi connectivity index (χ2v) is 8.60. The number of carbonyl (C=O) groups is 1. The first-order chi connectivity index (χ1) is 12.0. The van der Waals surface area contributed by atoms with E-state index in [4.69, 9.17) is 0 Å². The number of H-pyrrole nitrogens is 1. The minimum atomic E-state index is -0.450. The molecule has 0 saturated carbocycles. The van der Waals surface area contributed by atoms with Crippen LogP contribution in [0.2, 0.25) is 0 Å². The number of rotatable bonds is 2. The molecule has 0 unspecified atom stereocenters. The zero-order chi connectivity index (χ0) is 17.6. The molecule has 0 spiro atoms. The first-order valence-electron chi connectivity index (χ1n) is 8.44. The summed E-state index contributed by atoms with van der Waals surface area (Å²) in [5.41, 5.74) is 4.37. The number of aryl methyl sites for hydroxylation is 3. The number of halogens is 2. The second kappa shape index (κ2) is 6.57. The van der Waals surface area contributed by atoms with Gasteiger partial charge >= 0.3 is 0 Å². The highest BCUT2D eigenvalue weighted by molar-refractivity contribution is 9.10. The van der Waals surface area contributed by atoms with Crippen molar-refractivity contribution >= 4 is 49.1 Å². The molecule has 0 fully saturated rings. The van der Waals surface area contributed by atoms with Gasteiger partial charge in [-0.05, 0) is 56.4 Å². The number of hydrogen-bond donors (Lipinski definition) is 2. The normalized spacial score (nSPS) is 14.4. The van der Waals surface area contributed by atoms with Crippen molar-refractivity contribution in [1.29, 1.82) is 0 Å². The largest absolute Gasteiger partial charge is 0.357 e. The summed E-state index contributed by atoms with van der Waals surface area (Å²) in [4.78, 5) is 17.3. The number of benzene rings is 1. The average molecular weight is 421 g/mol. The maximum absolute atomic E-state index is 14.0. The van der Waals surface area contributed by atoms with Crippen molar-refractivity contribution in [2.24, 2.45) is 0 Å². The van der Waals surface area contributed by atoms with E-state index in [1.165, 1.54) is 41.3 Å². The molecule has 0 atom stereocenters. The Morgan fingerprint density at radius 3 is 2.88 bits per heavy atom. The van der Waals surface area contributed by atoms with E-state index in [0.29, 0.717) is 10.0 Å². The molecular formula is C19H18BrFN2OS. The molecule has 4 rings (SSSR count). The van der Waals surface area contributed by atoms with Gasteiger partial charge in [-0.15, -0.1) is 11.3 Å². The lowest BCUT2D eigenvalue weighted by molar-refractivity contribution is 0.102. The number of carbonyl (C=O) groups excluding carboxylic acids is 1. The highest BCUT2D eigenvalue weighted by Crippen LogP contribution is 2.37. The summed E-state index contributed by atoms with van der Waals surface area (Å²) >= 11 is 4.89. The van der Waals surface area contributed by atoms with Crippen molar-refractivity contribution in [2.45, 2.75) is 39.0 Å². The molecule has 0 bridgehead atoms. The molecule has 1 aliphatic carbocycles. The van der Waals surface area contributed by atoms with Gasteiger partial charge in [-0.3, -0.25) is 4.79 Å². The third-order valence-electron chi connectivity index (χ3n) is 4.76. The van der Waals surface area contributed by atoms with Gasteiger partial charge in [-0.1, -0.05) is 22.4 Å². The van der Waals surface area contributed by atoms with Crippen LogP contribution in [-0.2, 0) is 12.8 Å². The monoisotopic (exact) mass is 420 g/mol. The fourth-order valence-corrected chi connectivity index (χ4v) is 5.09. The molecule has 0 aliphatic heterocycles. The minimum absolute atomic E-state index is 0.195. The van der Waals surface area contributed by atoms with E-state index in [1.807, 2.05) is 6.92 Å². The zero-order valence-electron chi connectivity index (χ0n) is 13.8. The number of fused-ring (bicyclic) bond motifs is 3. The van der Waals surface area contributed by atoms with Crippen molar-refractivity contribution in [3.63, 3.8) is 0 Å². The number of aromatic nitrogens is 1. The fourth-order valence-electron chi connectivity index (χ4n) is 3.55. The summed E-state index contributed by atoms with van der Waals surface area (Å²) in [6, 6.07) is 4.63. The smallest absolute Gasteiger partial charge is 0.259 e. The molecular weight excluding hydrogens is 403 g/mol. The Kier molecular flexibility index (Phi) is 4.41. The van der Waals surface area contributed by atoms with E-state index in [9.17, 15) is 9.18 Å². The Morgan fingerprint density at radius 2 is 2.08 bits per heavy atom. The maximum Gasteiger partial charge on any atom is 0.259 e. The quantitative estimate of drug-likeness (QED) is 0.493. The number of nitrogens with one attached hydrogen (secondary N) is 2. The molecule has 1 amide bonds. The van der Waals surface area contributed by atoms with Crippen LogP contribution in [-0.4, -0.2) is 10.9 Å². The highest BCUT2D eigenvalue weighted by Gasteiger charge is 2.24. The van der Waals surface area contributed by atoms with Gasteiger partial charge in [0.1, 0.15) is 5.82 Å². The first-order valence-corrected chi connectivity index (χ1v) is 10.0. The van der Waals surface area contributed by atoms with Crippen LogP contribution in [0.5, 0.6) is 0 Å². The van der Waals surface area contributed by atoms with Crippen molar-refractivity contribution < 1.29 is 9.18 Å². The van der Waals surface area contributed by atoms with Crippen molar-refractivity contribution in [1.82, 2.24) is 4.98 Å². The summed E-state index contributed by atoms with van der Waals surface area (Å²) in [6.45, 7) is 1.95. The molecule has 25 heavy (non-hydrogen) atoms. The lowest BCUT2D eigenvalue weighted by Gasteiger charge is -2.07. The van der Waals surface area contributed by atoms with Gasteiger partial charge in [0.15, 0.2) is 0 Å². The fraction of sp³-hybridized carbons (Fsp3) is 0.316. The molecule has 2 aromatic heterocycles. The molecule has 2 N–H and O–H groups in total. The van der Waals surface area contributed by atoms with Gasteiger partial charge in [0, 0.05) is 15.0 Å². The van der Waals surface area contributed by atoms with Gasteiger partial charge < -0.3 is 10.3 Å². The zero-order valence-corrected chi connectivity index (χ0v) is 16.2. The van der Waals surface area contributed by atoms with E-state index >= 15 is 0 Å². The highest BCUT2D eigenvalue weighted by atomic mass is 79.9. The lowest BCUT2D eigenvalue weighted by Crippen LogP contribution is -2.13. The molecule has 1 aliphatic rings. The van der Waals surface area contributed by atoms with Gasteiger partial charge in [0.25, 0.3) is 5.91 Å². The predicted molar refractivity (Wildman–Crippen MR) is 104 cm³/mol. The Morgan fingerprint density at radius 1 is 1.28 bits per heavy atom. The second-order valence-electron chi connectivity index (χ2n) is 6.46. The van der Waals surface area contributed by atoms with E-state index < -0.39 is 5.82 Å². The number of hydrogen-bond acceptors (Lipinski definition) is 2. The Hall–Kier alpha value is -1.66. The van der Waals surface area contributed by atoms with Crippen LogP contribution in [0.4, 0.5) is 10.1 Å². The number of thiophene rings is 1. The molecule has 2 heterocycles. The van der Waals surface area contributed by atoms with Gasteiger partial charge in [0.2, 0.25) is 0 Å². The number of amides is 1. The van der Waals surface area contributed by atoms with Crippen molar-refractivity contribution in [3.05, 3.63) is 50.2 Å². The molecule has 130 valence electrons. The van der Waals surface area contributed by atoms with Gasteiger partial charge in [0.05, 0.1) is 21.5 Å². The third kappa shape index (κ3) is 3.02. The molecule has 0 radical (unpaired) electrons. The van der Waals surface area contributed by atoms with Crippen LogP contribution in [0.25, 0.3) is 10.2 Å². The molecule has 3 nitrogen and oxygen atoms in total. The van der Waals surface area contributed by atoms with Gasteiger partial charge in [-0.2, -0.15) is 0 Å². The molecule has 0 saturated heterocycles. The van der Waals surface area contributed by atoms with Crippen LogP contribution in [0.3, 0.4) is 0 Å². The van der Waals surface area contributed by atoms with Crippen molar-refractivity contribution in [3.8, 4) is 0 Å². The topological polar surface area (TPSA) is 44.9 Å². The van der Waals surface area contributed by atoms with E-state index in [-0.39, 0.29) is 11.6 Å². The Labute approximate surface area is 157 Å². The van der Waals surface area contributed by atoms with E-state index in [2.05, 4.69) is 26.2 Å². The molecule has 6 heteroatoms. The van der Waals surface area contributed by atoms with Crippen LogP contribution in [0, 0.1) is 12.7 Å². The van der Waals surface area contributed by atoms with Gasteiger partial charge in [-0.25, -0.2) is 4.39 Å². The van der Waals surface area contributed by atoms with Crippen molar-refractivity contribution in [2.75, 3.05) is 5.32 Å². The van der Waals surface area contributed by atoms with Crippen LogP contribution in [0.15, 0.2) is 22.7 Å². The predicted octanol–water partition coefficient (Wildman–Crippen LogP) is 5.96. The van der Waals surface area contributed by atoms with Crippen LogP contribution in [0.1, 0.15) is 45.8 Å². The van der Waals surface area contributed by atoms with E-state index in [1.54, 1.807) is 23.5 Å². The standard InChI is InChI=1S/C19H18BrFN2OS/c1-10-16(19(24)23-15-8-7-11(20)9-13(15)21)17-18(25-10)12-5-3-2-4-6-14(12)22-17/h7-9,22H,2-6H2,1H3,(H,23,24). The Bertz CT molecular complexity index is 976. The van der Waals surface area contributed by atoms with E-state index in [0.717, 1.165) is 23.2 Å². The number of anilines is 1. The average Bonchev–Trinajstić information content (AvgIpc) is 2.94. The minimum Gasteiger partial charge on any atom is -0.357 e. The Balaban J connectivity index is 1.73. The first kappa shape index (κ1) is 16.8. The maximum atomic E-state index is 14.0. The third-order valence-corrected chi connectivity index (χ3v) is 6.42. The summed E-state index contributed by atoms with van der Waals surface area (Å²) in [6.07, 6.45) is 5.74. The molecule has 1 aromatic carbocycles. The summed E-state index contributed by atoms with van der Waals surface area (Å²) in [5.74, 6) is -0.712. The van der Waals surface area contributed by atoms with Crippen LogP contribution < -0.4 is 5.32 Å².